The number of amides is 2. The van der Waals surface area contributed by atoms with Crippen LogP contribution in [0.2, 0.25) is 5.02 Å². The van der Waals surface area contributed by atoms with Gasteiger partial charge in [-0.25, -0.2) is 9.79 Å². The van der Waals surface area contributed by atoms with Gasteiger partial charge in [-0.3, -0.25) is 14.9 Å². The van der Waals surface area contributed by atoms with Crippen LogP contribution in [-0.4, -0.2) is 48.3 Å². The largest absolute Gasteiger partial charge is 0.494 e. The van der Waals surface area contributed by atoms with E-state index in [0.717, 1.165) is 59.2 Å². The van der Waals surface area contributed by atoms with Gasteiger partial charge in [0.15, 0.2) is 0 Å². The molecule has 5 rings (SSSR count). The smallest absolute Gasteiger partial charge is 0.331 e. The third-order valence-corrected chi connectivity index (χ3v) is 9.27. The zero-order valence-corrected chi connectivity index (χ0v) is 31.9. The van der Waals surface area contributed by atoms with Crippen molar-refractivity contribution in [2.75, 3.05) is 24.6 Å². The minimum Gasteiger partial charge on any atom is -0.494 e. The lowest BCUT2D eigenvalue weighted by Crippen LogP contribution is -2.48. The highest BCUT2D eigenvalue weighted by Crippen LogP contribution is 2.31. The molecule has 0 aliphatic carbocycles. The minimum absolute atomic E-state index is 0.0836. The van der Waals surface area contributed by atoms with Gasteiger partial charge in [0, 0.05) is 35.8 Å². The Morgan fingerprint density at radius 2 is 1.62 bits per heavy atom. The van der Waals surface area contributed by atoms with Gasteiger partial charge in [0.1, 0.15) is 18.0 Å². The Labute approximate surface area is 318 Å². The predicted octanol–water partition coefficient (Wildman–Crippen LogP) is 8.81. The van der Waals surface area contributed by atoms with Crippen LogP contribution in [0.15, 0.2) is 89.9 Å². The summed E-state index contributed by atoms with van der Waals surface area (Å²) in [5.41, 5.74) is 6.02. The van der Waals surface area contributed by atoms with Crippen LogP contribution in [0, 0.1) is 20.8 Å². The van der Waals surface area contributed by atoms with Gasteiger partial charge in [-0.15, -0.1) is 0 Å². The Hall–Kier alpha value is -5.15. The first kappa shape index (κ1) is 39.1. The molecule has 2 amide bonds. The summed E-state index contributed by atoms with van der Waals surface area (Å²) in [6.45, 7) is 9.21. The maximum atomic E-state index is 13.4. The van der Waals surface area contributed by atoms with Crippen molar-refractivity contribution in [2.24, 2.45) is 4.99 Å². The van der Waals surface area contributed by atoms with Crippen LogP contribution in [0.3, 0.4) is 0 Å². The van der Waals surface area contributed by atoms with E-state index in [1.165, 1.54) is 0 Å². The van der Waals surface area contributed by atoms with Gasteiger partial charge >= 0.3 is 5.97 Å². The van der Waals surface area contributed by atoms with Gasteiger partial charge in [0.2, 0.25) is 17.8 Å². The number of anilines is 1. The number of benzene rings is 4. The molecule has 4 aromatic carbocycles. The summed E-state index contributed by atoms with van der Waals surface area (Å²) in [6, 6.07) is 26.4. The summed E-state index contributed by atoms with van der Waals surface area (Å²) >= 11 is 6.02. The Balaban J connectivity index is 1.25. The monoisotopic (exact) mass is 736 g/mol. The van der Waals surface area contributed by atoms with Crippen LogP contribution in [0.5, 0.6) is 11.5 Å². The number of ether oxygens (including phenoxy) is 2. The second-order valence-corrected chi connectivity index (χ2v) is 14.0. The number of carbonyl (C=O) groups is 3. The number of nitrogens with zero attached hydrogens (tertiary/aromatic N) is 3. The van der Waals surface area contributed by atoms with E-state index in [2.05, 4.69) is 12.2 Å². The summed E-state index contributed by atoms with van der Waals surface area (Å²) < 4.78 is 12.0. The molecule has 53 heavy (non-hydrogen) atoms. The number of hydrogen-bond acceptors (Lipinski definition) is 7. The second kappa shape index (κ2) is 19.1. The summed E-state index contributed by atoms with van der Waals surface area (Å²) in [7, 11) is 0. The fraction of sp³-hybridized carbons (Fsp3) is 0.349. The van der Waals surface area contributed by atoms with Crippen molar-refractivity contribution in [1.82, 2.24) is 10.2 Å². The number of rotatable bonds is 16. The molecule has 1 aliphatic heterocycles. The number of esters is 1. The SMILES string of the molecule is CCCCCCN(C(=O)CCCOc1ccc2c(c1)CN(CC(=O)Oc1c(C)cc(C)cc1C)C(NC(=O)Cc1ccc(Cl)cc1)=N2)c1ccccc1. The second-order valence-electron chi connectivity index (χ2n) is 13.5. The predicted molar refractivity (Wildman–Crippen MR) is 211 cm³/mol. The quantitative estimate of drug-likeness (QED) is 0.0701. The molecule has 0 radical (unpaired) electrons. The molecule has 0 unspecified atom stereocenters. The van der Waals surface area contributed by atoms with Crippen LogP contribution in [-0.2, 0) is 27.3 Å². The number of fused-ring (bicyclic) bond motifs is 1. The van der Waals surface area contributed by atoms with Gasteiger partial charge in [0.25, 0.3) is 0 Å². The standard InChI is InChI=1S/C43H49ClN4O5/c1-5-6-7-11-22-48(36-13-9-8-10-14-36)40(50)15-12-23-52-37-20-21-38-34(27-37)28-47(29-41(51)53-42-31(3)24-30(2)25-32(42)4)43(45-38)46-39(49)26-33-16-18-35(44)19-17-33/h8-10,13-14,16-21,24-25,27H,5-7,11-12,15,22-23,26,28-29H2,1-4H3,(H,45,46,49). The molecule has 10 heteroatoms. The Kier molecular flexibility index (Phi) is 14.1. The molecular formula is C43H49ClN4O5. The first-order valence-electron chi connectivity index (χ1n) is 18.4. The molecule has 0 atom stereocenters. The van der Waals surface area contributed by atoms with Crippen molar-refractivity contribution >= 4 is 46.7 Å². The van der Waals surface area contributed by atoms with E-state index < -0.39 is 5.97 Å². The van der Waals surface area contributed by atoms with Gasteiger partial charge < -0.3 is 19.3 Å². The number of hydrogen-bond donors (Lipinski definition) is 1. The number of carbonyl (C=O) groups excluding carboxylic acids is 3. The highest BCUT2D eigenvalue weighted by molar-refractivity contribution is 6.30. The van der Waals surface area contributed by atoms with E-state index in [-0.39, 0.29) is 37.3 Å². The molecule has 0 aromatic heterocycles. The van der Waals surface area contributed by atoms with Crippen LogP contribution in [0.1, 0.15) is 73.3 Å². The van der Waals surface area contributed by atoms with Crippen molar-refractivity contribution in [3.63, 3.8) is 0 Å². The van der Waals surface area contributed by atoms with E-state index in [4.69, 9.17) is 26.1 Å². The van der Waals surface area contributed by atoms with E-state index >= 15 is 0 Å². The van der Waals surface area contributed by atoms with Crippen LogP contribution in [0.25, 0.3) is 0 Å². The average molecular weight is 737 g/mol. The van der Waals surface area contributed by atoms with Gasteiger partial charge in [-0.05, 0) is 92.8 Å². The Morgan fingerprint density at radius 3 is 2.34 bits per heavy atom. The molecule has 1 heterocycles. The lowest BCUT2D eigenvalue weighted by Gasteiger charge is -2.30. The van der Waals surface area contributed by atoms with E-state index in [1.54, 1.807) is 29.2 Å². The van der Waals surface area contributed by atoms with Crippen molar-refractivity contribution in [2.45, 2.75) is 79.2 Å². The number of unbranched alkanes of at least 4 members (excludes halogenated alkanes) is 3. The molecule has 0 bridgehead atoms. The molecule has 0 saturated heterocycles. The maximum absolute atomic E-state index is 13.4. The highest BCUT2D eigenvalue weighted by atomic mass is 35.5. The fourth-order valence-corrected chi connectivity index (χ4v) is 6.55. The van der Waals surface area contributed by atoms with Crippen molar-refractivity contribution in [1.29, 1.82) is 0 Å². The Bertz CT molecular complexity index is 1890. The molecule has 0 saturated carbocycles. The number of halogens is 1. The molecular weight excluding hydrogens is 688 g/mol. The van der Waals surface area contributed by atoms with Gasteiger partial charge in [-0.1, -0.05) is 85.8 Å². The molecule has 1 N–H and O–H groups in total. The first-order chi connectivity index (χ1) is 25.6. The highest BCUT2D eigenvalue weighted by Gasteiger charge is 2.26. The molecule has 4 aromatic rings. The summed E-state index contributed by atoms with van der Waals surface area (Å²) in [6.07, 6.45) is 5.41. The third-order valence-electron chi connectivity index (χ3n) is 9.02. The number of guanidine groups is 1. The molecule has 0 spiro atoms. The lowest BCUT2D eigenvalue weighted by atomic mass is 10.1. The zero-order chi connectivity index (χ0) is 37.7. The third kappa shape index (κ3) is 11.4. The van der Waals surface area contributed by atoms with Crippen LogP contribution in [0.4, 0.5) is 11.4 Å². The maximum Gasteiger partial charge on any atom is 0.331 e. The van der Waals surface area contributed by atoms with E-state index in [0.29, 0.717) is 48.2 Å². The van der Waals surface area contributed by atoms with Crippen LogP contribution < -0.4 is 19.7 Å². The van der Waals surface area contributed by atoms with Crippen molar-refractivity contribution in [3.8, 4) is 11.5 Å². The zero-order valence-electron chi connectivity index (χ0n) is 31.1. The number of nitrogens with one attached hydrogen (secondary N) is 1. The molecule has 9 nitrogen and oxygen atoms in total. The van der Waals surface area contributed by atoms with Gasteiger partial charge in [-0.2, -0.15) is 0 Å². The normalized spacial score (nSPS) is 12.1. The summed E-state index contributed by atoms with van der Waals surface area (Å²) in [5.74, 6) is 0.751. The number of para-hydroxylation sites is 1. The lowest BCUT2D eigenvalue weighted by molar-refractivity contribution is -0.135. The topological polar surface area (TPSA) is 101 Å². The summed E-state index contributed by atoms with van der Waals surface area (Å²) in [4.78, 5) is 48.2. The molecule has 1 aliphatic rings. The first-order valence-corrected chi connectivity index (χ1v) is 18.7. The van der Waals surface area contributed by atoms with Crippen LogP contribution >= 0.6 is 11.6 Å². The number of aryl methyl sites for hydroxylation is 3. The average Bonchev–Trinajstić information content (AvgIpc) is 3.13. The van der Waals surface area contributed by atoms with E-state index in [1.807, 2.05) is 86.3 Å². The van der Waals surface area contributed by atoms with E-state index in [9.17, 15) is 14.4 Å². The molecule has 0 fully saturated rings. The molecule has 278 valence electrons. The van der Waals surface area contributed by atoms with Crippen molar-refractivity contribution in [3.05, 3.63) is 118 Å². The Morgan fingerprint density at radius 1 is 0.887 bits per heavy atom. The van der Waals surface area contributed by atoms with Crippen molar-refractivity contribution < 1.29 is 23.9 Å². The summed E-state index contributed by atoms with van der Waals surface area (Å²) in [5, 5.41) is 3.50. The fourth-order valence-electron chi connectivity index (χ4n) is 6.43. The number of aliphatic imine (C=N–C) groups is 1. The minimum atomic E-state index is -0.477. The van der Waals surface area contributed by atoms with Gasteiger partial charge in [0.05, 0.1) is 18.7 Å².